The van der Waals surface area contributed by atoms with Gasteiger partial charge in [0.2, 0.25) is 0 Å². The van der Waals surface area contributed by atoms with E-state index < -0.39 is 0 Å². The van der Waals surface area contributed by atoms with Crippen LogP contribution in [-0.4, -0.2) is 0 Å². The molecule has 0 nitrogen and oxygen atoms in total. The normalized spacial score (nSPS) is 60.8. The molecule has 0 heterocycles. The van der Waals surface area contributed by atoms with Crippen LogP contribution in [0.15, 0.2) is 0 Å². The van der Waals surface area contributed by atoms with Crippen molar-refractivity contribution in [1.29, 1.82) is 0 Å². The molecule has 3 saturated carbocycles. The van der Waals surface area contributed by atoms with Crippen molar-refractivity contribution < 1.29 is 0 Å². The molecule has 0 aliphatic heterocycles. The smallest absolute Gasteiger partial charge is 0.0357 e. The quantitative estimate of drug-likeness (QED) is 0.449. The van der Waals surface area contributed by atoms with Crippen molar-refractivity contribution in [3.8, 4) is 0 Å². The minimum Gasteiger partial charge on any atom is -0.0622 e. The molecule has 0 amide bonds. The average molecular weight is 110 g/mol. The van der Waals surface area contributed by atoms with Crippen molar-refractivity contribution in [1.82, 2.24) is 0 Å². The Kier molecular flexibility index (Phi) is 0.778. The Labute approximate surface area is 51.3 Å². The first kappa shape index (κ1) is 4.84. The summed E-state index contributed by atoms with van der Waals surface area (Å²) in [5.41, 5.74) is 0. The van der Waals surface area contributed by atoms with Gasteiger partial charge < -0.3 is 0 Å². The highest BCUT2D eigenvalue weighted by Crippen LogP contribution is 2.56. The molecule has 3 aliphatic carbocycles. The lowest BCUT2D eigenvalue weighted by Gasteiger charge is -2.33. The second-order valence-corrected chi connectivity index (χ2v) is 3.73. The van der Waals surface area contributed by atoms with Gasteiger partial charge in [-0.3, -0.25) is 0 Å². The topological polar surface area (TPSA) is 0 Å². The van der Waals surface area contributed by atoms with E-state index in [2.05, 4.69) is 13.8 Å². The van der Waals surface area contributed by atoms with Crippen LogP contribution in [0.4, 0.5) is 0 Å². The number of rotatable bonds is 0. The fourth-order valence-corrected chi connectivity index (χ4v) is 2.65. The second kappa shape index (κ2) is 1.29. The van der Waals surface area contributed by atoms with E-state index in [9.17, 15) is 0 Å². The van der Waals surface area contributed by atoms with E-state index in [4.69, 9.17) is 0 Å². The average Bonchev–Trinajstić information content (AvgIpc) is 2.19. The van der Waals surface area contributed by atoms with Crippen LogP contribution in [0.25, 0.3) is 0 Å². The van der Waals surface area contributed by atoms with E-state index in [1.54, 1.807) is 6.42 Å². The first-order valence-electron chi connectivity index (χ1n) is 3.79. The lowest BCUT2D eigenvalue weighted by molar-refractivity contribution is 0.163. The Morgan fingerprint density at radius 3 is 2.00 bits per heavy atom. The van der Waals surface area contributed by atoms with Crippen LogP contribution in [0, 0.1) is 23.7 Å². The zero-order chi connectivity index (χ0) is 5.72. The molecule has 3 fully saturated rings. The fourth-order valence-electron chi connectivity index (χ4n) is 2.65. The summed E-state index contributed by atoms with van der Waals surface area (Å²) in [6, 6.07) is 0. The van der Waals surface area contributed by atoms with E-state index in [0.29, 0.717) is 0 Å². The predicted molar refractivity (Wildman–Crippen MR) is 34.5 cm³/mol. The maximum Gasteiger partial charge on any atom is -0.0357 e. The van der Waals surface area contributed by atoms with Gasteiger partial charge in [0.15, 0.2) is 0 Å². The van der Waals surface area contributed by atoms with Crippen molar-refractivity contribution in [2.24, 2.45) is 23.7 Å². The molecule has 3 unspecified atom stereocenters. The third-order valence-electron chi connectivity index (χ3n) is 3.40. The van der Waals surface area contributed by atoms with E-state index in [1.165, 1.54) is 6.42 Å². The Morgan fingerprint density at radius 1 is 1.12 bits per heavy atom. The van der Waals surface area contributed by atoms with Crippen LogP contribution in [0.1, 0.15) is 26.7 Å². The van der Waals surface area contributed by atoms with Crippen LogP contribution in [-0.2, 0) is 0 Å². The molecule has 8 heavy (non-hydrogen) atoms. The van der Waals surface area contributed by atoms with Gasteiger partial charge in [-0.15, -0.1) is 0 Å². The summed E-state index contributed by atoms with van der Waals surface area (Å²) in [5, 5.41) is 0. The molecule has 0 radical (unpaired) electrons. The molecule has 0 aromatic carbocycles. The van der Waals surface area contributed by atoms with Crippen molar-refractivity contribution in [2.45, 2.75) is 26.7 Å². The Balaban J connectivity index is 2.13. The van der Waals surface area contributed by atoms with Gasteiger partial charge >= 0.3 is 0 Å². The van der Waals surface area contributed by atoms with Crippen molar-refractivity contribution in [3.05, 3.63) is 0 Å². The van der Waals surface area contributed by atoms with E-state index in [1.807, 2.05) is 0 Å². The first-order chi connectivity index (χ1) is 3.79. The lowest BCUT2D eigenvalue weighted by Crippen LogP contribution is -2.25. The minimum absolute atomic E-state index is 1.06. The molecule has 3 rings (SSSR count). The van der Waals surface area contributed by atoms with Gasteiger partial charge in [0, 0.05) is 0 Å². The third kappa shape index (κ3) is 0.375. The van der Waals surface area contributed by atoms with Gasteiger partial charge in [-0.05, 0) is 36.5 Å². The lowest BCUT2D eigenvalue weighted by atomic mass is 9.72. The van der Waals surface area contributed by atoms with Crippen LogP contribution in [0.3, 0.4) is 0 Å². The molecule has 3 aliphatic rings. The summed E-state index contributed by atoms with van der Waals surface area (Å²) < 4.78 is 0. The summed E-state index contributed by atoms with van der Waals surface area (Å²) in [5.74, 6) is 4.41. The van der Waals surface area contributed by atoms with E-state index >= 15 is 0 Å². The Hall–Kier alpha value is 0. The van der Waals surface area contributed by atoms with Gasteiger partial charge in [-0.1, -0.05) is 13.8 Å². The molecule has 46 valence electrons. The van der Waals surface area contributed by atoms with Gasteiger partial charge in [-0.2, -0.15) is 0 Å². The molecule has 0 spiro atoms. The molecular weight excluding hydrogens is 96.1 g/mol. The monoisotopic (exact) mass is 110 g/mol. The van der Waals surface area contributed by atoms with Gasteiger partial charge in [0.25, 0.3) is 0 Å². The maximum atomic E-state index is 2.42. The summed E-state index contributed by atoms with van der Waals surface area (Å²) >= 11 is 0. The molecule has 0 aromatic heterocycles. The minimum atomic E-state index is 1.06. The third-order valence-corrected chi connectivity index (χ3v) is 3.40. The zero-order valence-electron chi connectivity index (χ0n) is 5.72. The van der Waals surface area contributed by atoms with Crippen molar-refractivity contribution in [2.75, 3.05) is 0 Å². The standard InChI is InChI=1S/C8H14/c1-5-3-7-4-8(5)6(7)2/h5-8H,3-4H2,1-2H3/t5-,6?,7?,8?/m0/s1. The van der Waals surface area contributed by atoms with Crippen LogP contribution < -0.4 is 0 Å². The molecular formula is C8H14. The molecule has 0 saturated heterocycles. The van der Waals surface area contributed by atoms with Crippen molar-refractivity contribution >= 4 is 0 Å². The van der Waals surface area contributed by atoms with E-state index in [0.717, 1.165) is 23.7 Å². The number of hydrogen-bond acceptors (Lipinski definition) is 0. The molecule has 0 heteroatoms. The maximum absolute atomic E-state index is 2.42. The zero-order valence-corrected chi connectivity index (χ0v) is 5.72. The van der Waals surface area contributed by atoms with Crippen LogP contribution in [0.5, 0.6) is 0 Å². The SMILES string of the molecule is CC1C2CC1[C@@H](C)C2. The first-order valence-corrected chi connectivity index (χ1v) is 3.79. The molecule has 4 atom stereocenters. The highest BCUT2D eigenvalue weighted by molar-refractivity contribution is 4.97. The van der Waals surface area contributed by atoms with Crippen LogP contribution >= 0.6 is 0 Å². The Morgan fingerprint density at radius 2 is 1.88 bits per heavy atom. The summed E-state index contributed by atoms with van der Waals surface area (Å²) in [6.45, 7) is 4.83. The number of hydrogen-bond donors (Lipinski definition) is 0. The molecule has 2 bridgehead atoms. The molecule has 0 aromatic rings. The highest BCUT2D eigenvalue weighted by atomic mass is 14.5. The second-order valence-electron chi connectivity index (χ2n) is 3.73. The summed E-state index contributed by atoms with van der Waals surface area (Å²) in [7, 11) is 0. The van der Waals surface area contributed by atoms with Gasteiger partial charge in [-0.25, -0.2) is 0 Å². The largest absolute Gasteiger partial charge is 0.0622 e. The summed E-state index contributed by atoms with van der Waals surface area (Å²) in [4.78, 5) is 0. The fraction of sp³-hybridized carbons (Fsp3) is 1.00. The summed E-state index contributed by atoms with van der Waals surface area (Å²) in [6.07, 6.45) is 3.09. The van der Waals surface area contributed by atoms with Gasteiger partial charge in [0.1, 0.15) is 0 Å². The van der Waals surface area contributed by atoms with Crippen LogP contribution in [0.2, 0.25) is 0 Å². The van der Waals surface area contributed by atoms with Gasteiger partial charge in [0.05, 0.1) is 0 Å². The molecule has 0 N–H and O–H groups in total. The number of fused-ring (bicyclic) bond motifs is 1. The van der Waals surface area contributed by atoms with Crippen molar-refractivity contribution in [3.63, 3.8) is 0 Å². The van der Waals surface area contributed by atoms with E-state index in [-0.39, 0.29) is 0 Å². The Bertz CT molecular complexity index is 103. The predicted octanol–water partition coefficient (Wildman–Crippen LogP) is 2.30. The highest BCUT2D eigenvalue weighted by Gasteiger charge is 2.47.